The fraction of sp³-hybridized carbons (Fsp3) is 0.250. The van der Waals surface area contributed by atoms with Crippen molar-refractivity contribution in [2.75, 3.05) is 7.11 Å². The molecule has 1 rings (SSSR count). The summed E-state index contributed by atoms with van der Waals surface area (Å²) in [6, 6.07) is 6.19. The molecule has 0 aliphatic rings. The zero-order valence-corrected chi connectivity index (χ0v) is 10.9. The maximum absolute atomic E-state index is 11.8. The molecule has 0 aromatic heterocycles. The van der Waals surface area contributed by atoms with E-state index >= 15 is 0 Å². The molecule has 1 aromatic carbocycles. The van der Waals surface area contributed by atoms with Crippen LogP contribution in [0.15, 0.2) is 18.2 Å². The second-order valence-corrected chi connectivity index (χ2v) is 4.72. The van der Waals surface area contributed by atoms with Crippen LogP contribution < -0.4 is 0 Å². The van der Waals surface area contributed by atoms with Crippen LogP contribution in [0.25, 0.3) is 0 Å². The molecule has 17 heavy (non-hydrogen) atoms. The highest BCUT2D eigenvalue weighted by molar-refractivity contribution is 9.10. The van der Waals surface area contributed by atoms with Crippen LogP contribution in [0.5, 0.6) is 0 Å². The van der Waals surface area contributed by atoms with E-state index in [-0.39, 0.29) is 21.7 Å². The highest BCUT2D eigenvalue weighted by Crippen LogP contribution is 2.16. The SMILES string of the molecule is COC(=O)c1ccc(C(=O)C(C)Br)c(C#N)c1. The van der Waals surface area contributed by atoms with Crippen LogP contribution in [0, 0.1) is 11.3 Å². The molecule has 1 unspecified atom stereocenters. The zero-order valence-electron chi connectivity index (χ0n) is 9.36. The Bertz CT molecular complexity index is 503. The zero-order chi connectivity index (χ0) is 13.0. The molecule has 0 N–H and O–H groups in total. The number of alkyl halides is 1. The number of rotatable bonds is 3. The summed E-state index contributed by atoms with van der Waals surface area (Å²) in [4.78, 5) is 22.7. The average molecular weight is 296 g/mol. The third-order valence-electron chi connectivity index (χ3n) is 2.19. The quantitative estimate of drug-likeness (QED) is 0.487. The number of nitriles is 1. The van der Waals surface area contributed by atoms with E-state index in [1.807, 2.05) is 6.07 Å². The Labute approximate surface area is 107 Å². The molecule has 0 saturated carbocycles. The monoisotopic (exact) mass is 295 g/mol. The Kier molecular flexibility index (Phi) is 4.41. The molecule has 0 amide bonds. The Morgan fingerprint density at radius 2 is 2.12 bits per heavy atom. The van der Waals surface area contributed by atoms with Crippen LogP contribution >= 0.6 is 15.9 Å². The van der Waals surface area contributed by atoms with Crippen molar-refractivity contribution in [3.8, 4) is 6.07 Å². The summed E-state index contributed by atoms with van der Waals surface area (Å²) in [5.41, 5.74) is 0.719. The van der Waals surface area contributed by atoms with Crippen molar-refractivity contribution in [2.24, 2.45) is 0 Å². The first-order valence-corrected chi connectivity index (χ1v) is 5.73. The smallest absolute Gasteiger partial charge is 0.337 e. The summed E-state index contributed by atoms with van der Waals surface area (Å²) >= 11 is 3.15. The summed E-state index contributed by atoms with van der Waals surface area (Å²) < 4.78 is 4.54. The van der Waals surface area contributed by atoms with Crippen molar-refractivity contribution in [1.82, 2.24) is 0 Å². The summed E-state index contributed by atoms with van der Waals surface area (Å²) in [6.45, 7) is 1.68. The van der Waals surface area contributed by atoms with E-state index in [9.17, 15) is 9.59 Å². The molecule has 0 bridgehead atoms. The van der Waals surface area contributed by atoms with Crippen molar-refractivity contribution in [3.63, 3.8) is 0 Å². The Hall–Kier alpha value is -1.67. The van der Waals surface area contributed by atoms with Crippen LogP contribution in [0.1, 0.15) is 33.2 Å². The first-order chi connectivity index (χ1) is 8.01. The lowest BCUT2D eigenvalue weighted by Gasteiger charge is -2.06. The lowest BCUT2D eigenvalue weighted by molar-refractivity contribution is 0.0600. The van der Waals surface area contributed by atoms with Gasteiger partial charge in [0.05, 0.1) is 29.1 Å². The van der Waals surface area contributed by atoms with Crippen LogP contribution in [0.3, 0.4) is 0 Å². The minimum absolute atomic E-state index is 0.171. The average Bonchev–Trinajstić information content (AvgIpc) is 2.35. The van der Waals surface area contributed by atoms with Gasteiger partial charge in [-0.15, -0.1) is 0 Å². The van der Waals surface area contributed by atoms with Gasteiger partial charge in [-0.3, -0.25) is 4.79 Å². The molecule has 1 atom stereocenters. The van der Waals surface area contributed by atoms with E-state index in [0.29, 0.717) is 5.56 Å². The number of ether oxygens (including phenoxy) is 1. The number of ketones is 1. The number of halogens is 1. The topological polar surface area (TPSA) is 67.2 Å². The molecule has 1 aromatic rings. The van der Waals surface area contributed by atoms with E-state index in [1.54, 1.807) is 6.92 Å². The predicted molar refractivity (Wildman–Crippen MR) is 65.2 cm³/mol. The van der Waals surface area contributed by atoms with E-state index < -0.39 is 5.97 Å². The first kappa shape index (κ1) is 13.4. The molecule has 0 saturated heterocycles. The molecule has 4 nitrogen and oxygen atoms in total. The van der Waals surface area contributed by atoms with Gasteiger partial charge in [0.1, 0.15) is 0 Å². The molecule has 88 valence electrons. The third kappa shape index (κ3) is 2.92. The van der Waals surface area contributed by atoms with Gasteiger partial charge in [-0.25, -0.2) is 4.79 Å². The number of esters is 1. The second kappa shape index (κ2) is 5.60. The number of benzene rings is 1. The normalized spacial score (nSPS) is 11.4. The molecule has 0 aliphatic carbocycles. The molecule has 0 aliphatic heterocycles. The fourth-order valence-electron chi connectivity index (χ4n) is 1.31. The molecular formula is C12H10BrNO3. The molecule has 0 spiro atoms. The van der Waals surface area contributed by atoms with Crippen molar-refractivity contribution in [1.29, 1.82) is 5.26 Å². The minimum Gasteiger partial charge on any atom is -0.465 e. The van der Waals surface area contributed by atoms with Crippen molar-refractivity contribution in [2.45, 2.75) is 11.8 Å². The van der Waals surface area contributed by atoms with Gasteiger partial charge in [-0.2, -0.15) is 5.26 Å². The fourth-order valence-corrected chi connectivity index (χ4v) is 1.56. The highest BCUT2D eigenvalue weighted by atomic mass is 79.9. The van der Waals surface area contributed by atoms with Gasteiger partial charge in [0, 0.05) is 5.56 Å². The summed E-state index contributed by atoms with van der Waals surface area (Å²) in [6.07, 6.45) is 0. The lowest BCUT2D eigenvalue weighted by Crippen LogP contribution is -2.13. The maximum Gasteiger partial charge on any atom is 0.337 e. The Morgan fingerprint density at radius 1 is 1.47 bits per heavy atom. The standard InChI is InChI=1S/C12H10BrNO3/c1-7(13)11(15)10-4-3-8(12(16)17-2)5-9(10)6-14/h3-5,7H,1-2H3. The van der Waals surface area contributed by atoms with Gasteiger partial charge >= 0.3 is 5.97 Å². The van der Waals surface area contributed by atoms with E-state index in [2.05, 4.69) is 20.7 Å². The van der Waals surface area contributed by atoms with Crippen molar-refractivity contribution in [3.05, 3.63) is 34.9 Å². The van der Waals surface area contributed by atoms with Gasteiger partial charge in [0.25, 0.3) is 0 Å². The number of carbonyl (C=O) groups is 2. The van der Waals surface area contributed by atoms with E-state index in [0.717, 1.165) is 0 Å². The van der Waals surface area contributed by atoms with Crippen LogP contribution in [0.2, 0.25) is 0 Å². The number of nitrogens with zero attached hydrogens (tertiary/aromatic N) is 1. The van der Waals surface area contributed by atoms with Gasteiger partial charge in [0.15, 0.2) is 5.78 Å². The number of hydrogen-bond acceptors (Lipinski definition) is 4. The summed E-state index contributed by atoms with van der Waals surface area (Å²) in [5, 5.41) is 8.96. The van der Waals surface area contributed by atoms with Crippen molar-refractivity contribution >= 4 is 27.7 Å². The van der Waals surface area contributed by atoms with Gasteiger partial charge in [-0.1, -0.05) is 15.9 Å². The van der Waals surface area contributed by atoms with Gasteiger partial charge < -0.3 is 4.74 Å². The van der Waals surface area contributed by atoms with E-state index in [4.69, 9.17) is 5.26 Å². The van der Waals surface area contributed by atoms with Crippen molar-refractivity contribution < 1.29 is 14.3 Å². The lowest BCUT2D eigenvalue weighted by atomic mass is 10.00. The number of carbonyl (C=O) groups excluding carboxylic acids is 2. The van der Waals surface area contributed by atoms with Gasteiger partial charge in [-0.05, 0) is 25.1 Å². The largest absolute Gasteiger partial charge is 0.465 e. The third-order valence-corrected chi connectivity index (χ3v) is 2.60. The molecule has 0 heterocycles. The molecule has 0 radical (unpaired) electrons. The molecular weight excluding hydrogens is 286 g/mol. The maximum atomic E-state index is 11.8. The second-order valence-electron chi connectivity index (χ2n) is 3.34. The van der Waals surface area contributed by atoms with Crippen LogP contribution in [0.4, 0.5) is 0 Å². The number of Topliss-reactive ketones (excluding diaryl/α,β-unsaturated/α-hetero) is 1. The first-order valence-electron chi connectivity index (χ1n) is 4.82. The molecule has 5 heteroatoms. The molecule has 0 fully saturated rings. The number of methoxy groups -OCH3 is 1. The summed E-state index contributed by atoms with van der Waals surface area (Å²) in [5.74, 6) is -0.731. The Balaban J connectivity index is 3.25. The van der Waals surface area contributed by atoms with Crippen LogP contribution in [-0.4, -0.2) is 23.7 Å². The minimum atomic E-state index is -0.535. The van der Waals surface area contributed by atoms with Crippen LogP contribution in [-0.2, 0) is 4.74 Å². The highest BCUT2D eigenvalue weighted by Gasteiger charge is 2.18. The summed E-state index contributed by atoms with van der Waals surface area (Å²) in [7, 11) is 1.26. The predicted octanol–water partition coefficient (Wildman–Crippen LogP) is 2.31. The Morgan fingerprint density at radius 3 is 2.59 bits per heavy atom. The number of hydrogen-bond donors (Lipinski definition) is 0. The van der Waals surface area contributed by atoms with Gasteiger partial charge in [0.2, 0.25) is 0 Å². The van der Waals surface area contributed by atoms with E-state index in [1.165, 1.54) is 25.3 Å².